The molecule has 0 aromatic heterocycles. The number of rotatable bonds is 7. The van der Waals surface area contributed by atoms with E-state index in [9.17, 15) is 14.4 Å². The van der Waals surface area contributed by atoms with Crippen LogP contribution in [0.2, 0.25) is 0 Å². The third-order valence-corrected chi connectivity index (χ3v) is 4.00. The number of amides is 1. The molecule has 0 fully saturated rings. The average molecular weight is 333 g/mol. The number of hydrogen-bond acceptors (Lipinski definition) is 4. The number of ether oxygens (including phenoxy) is 1. The monoisotopic (exact) mass is 333 g/mol. The molecule has 130 valence electrons. The second-order valence-electron chi connectivity index (χ2n) is 6.42. The molecular formula is C18H23NO5. The van der Waals surface area contributed by atoms with Crippen LogP contribution in [0, 0.1) is 0 Å². The SMILES string of the molecule is CCCCN1C(=O)C(C)(C)Oc2ccc(C(=O)CCC(=O)O)cc21. The van der Waals surface area contributed by atoms with Crippen LogP contribution in [0.4, 0.5) is 5.69 Å². The Morgan fingerprint density at radius 2 is 1.96 bits per heavy atom. The molecule has 0 saturated heterocycles. The van der Waals surface area contributed by atoms with E-state index < -0.39 is 11.6 Å². The van der Waals surface area contributed by atoms with Gasteiger partial charge < -0.3 is 14.7 Å². The van der Waals surface area contributed by atoms with Gasteiger partial charge >= 0.3 is 5.97 Å². The molecule has 1 aromatic rings. The fourth-order valence-corrected chi connectivity index (χ4v) is 2.64. The second kappa shape index (κ2) is 7.03. The van der Waals surface area contributed by atoms with E-state index in [-0.39, 0.29) is 24.5 Å². The van der Waals surface area contributed by atoms with Gasteiger partial charge in [-0.25, -0.2) is 0 Å². The Morgan fingerprint density at radius 1 is 1.25 bits per heavy atom. The van der Waals surface area contributed by atoms with E-state index in [1.54, 1.807) is 36.9 Å². The lowest BCUT2D eigenvalue weighted by Crippen LogP contribution is -2.52. The van der Waals surface area contributed by atoms with E-state index in [1.165, 1.54) is 0 Å². The first-order valence-electron chi connectivity index (χ1n) is 8.16. The Labute approximate surface area is 141 Å². The fraction of sp³-hybridized carbons (Fsp3) is 0.500. The molecule has 1 heterocycles. The van der Waals surface area contributed by atoms with Gasteiger partial charge in [-0.05, 0) is 38.5 Å². The van der Waals surface area contributed by atoms with Gasteiger partial charge in [0.15, 0.2) is 11.4 Å². The molecule has 0 bridgehead atoms. The van der Waals surface area contributed by atoms with Crippen LogP contribution >= 0.6 is 0 Å². The maximum atomic E-state index is 12.7. The molecule has 0 unspecified atom stereocenters. The molecular weight excluding hydrogens is 310 g/mol. The van der Waals surface area contributed by atoms with Crippen LogP contribution in [0.1, 0.15) is 56.8 Å². The van der Waals surface area contributed by atoms with Crippen LogP contribution < -0.4 is 9.64 Å². The Hall–Kier alpha value is -2.37. The van der Waals surface area contributed by atoms with Gasteiger partial charge in [-0.2, -0.15) is 0 Å². The molecule has 1 aliphatic rings. The number of Topliss-reactive ketones (excluding diaryl/α,β-unsaturated/α-hetero) is 1. The molecule has 1 amide bonds. The minimum atomic E-state index is -1.01. The smallest absolute Gasteiger partial charge is 0.303 e. The summed E-state index contributed by atoms with van der Waals surface area (Å²) in [6, 6.07) is 4.92. The van der Waals surface area contributed by atoms with Crippen molar-refractivity contribution in [2.45, 2.75) is 52.1 Å². The molecule has 0 saturated carbocycles. The predicted octanol–water partition coefficient (Wildman–Crippen LogP) is 3.04. The molecule has 24 heavy (non-hydrogen) atoms. The van der Waals surface area contributed by atoms with Crippen molar-refractivity contribution in [1.29, 1.82) is 0 Å². The number of anilines is 1. The van der Waals surface area contributed by atoms with Crippen LogP contribution in [0.25, 0.3) is 0 Å². The summed E-state index contributed by atoms with van der Waals surface area (Å²) in [5, 5.41) is 8.71. The summed E-state index contributed by atoms with van der Waals surface area (Å²) in [6.07, 6.45) is 1.51. The topological polar surface area (TPSA) is 83.9 Å². The molecule has 6 heteroatoms. The van der Waals surface area contributed by atoms with Crippen LogP contribution in [0.3, 0.4) is 0 Å². The van der Waals surface area contributed by atoms with Crippen molar-refractivity contribution in [3.8, 4) is 5.75 Å². The van der Waals surface area contributed by atoms with Gasteiger partial charge in [-0.15, -0.1) is 0 Å². The van der Waals surface area contributed by atoms with Gasteiger partial charge in [0.2, 0.25) is 0 Å². The minimum Gasteiger partial charge on any atom is -0.481 e. The van der Waals surface area contributed by atoms with Crippen molar-refractivity contribution in [2.24, 2.45) is 0 Å². The zero-order valence-corrected chi connectivity index (χ0v) is 14.3. The van der Waals surface area contributed by atoms with Gasteiger partial charge in [0.25, 0.3) is 5.91 Å². The molecule has 0 aliphatic carbocycles. The number of ketones is 1. The third kappa shape index (κ3) is 3.75. The second-order valence-corrected chi connectivity index (χ2v) is 6.42. The molecule has 0 spiro atoms. The summed E-state index contributed by atoms with van der Waals surface area (Å²) in [4.78, 5) is 37.1. The number of benzene rings is 1. The number of nitrogens with zero attached hydrogens (tertiary/aromatic N) is 1. The van der Waals surface area contributed by atoms with E-state index >= 15 is 0 Å². The van der Waals surface area contributed by atoms with Crippen LogP contribution in [0.5, 0.6) is 5.75 Å². The molecule has 1 aromatic carbocycles. The van der Waals surface area contributed by atoms with E-state index in [4.69, 9.17) is 9.84 Å². The summed E-state index contributed by atoms with van der Waals surface area (Å²) < 4.78 is 5.78. The molecule has 0 radical (unpaired) electrons. The van der Waals surface area contributed by atoms with Gasteiger partial charge in [0, 0.05) is 18.5 Å². The first kappa shape index (κ1) is 18.0. The maximum absolute atomic E-state index is 12.7. The largest absolute Gasteiger partial charge is 0.481 e. The van der Waals surface area contributed by atoms with Crippen molar-refractivity contribution in [3.63, 3.8) is 0 Å². The summed E-state index contributed by atoms with van der Waals surface area (Å²) in [5.74, 6) is -0.844. The molecule has 2 rings (SSSR count). The van der Waals surface area contributed by atoms with E-state index in [0.29, 0.717) is 23.5 Å². The van der Waals surface area contributed by atoms with Crippen molar-refractivity contribution < 1.29 is 24.2 Å². The number of fused-ring (bicyclic) bond motifs is 1. The molecule has 1 aliphatic heterocycles. The number of carbonyl (C=O) groups is 3. The Balaban J connectivity index is 2.34. The summed E-state index contributed by atoms with van der Waals surface area (Å²) in [5.41, 5.74) is 0.0248. The van der Waals surface area contributed by atoms with Crippen LogP contribution in [0.15, 0.2) is 18.2 Å². The van der Waals surface area contributed by atoms with Crippen LogP contribution in [-0.2, 0) is 9.59 Å². The fourth-order valence-electron chi connectivity index (χ4n) is 2.64. The van der Waals surface area contributed by atoms with Crippen molar-refractivity contribution in [3.05, 3.63) is 23.8 Å². The lowest BCUT2D eigenvalue weighted by Gasteiger charge is -2.39. The van der Waals surface area contributed by atoms with E-state index in [2.05, 4.69) is 0 Å². The maximum Gasteiger partial charge on any atom is 0.303 e. The van der Waals surface area contributed by atoms with Gasteiger partial charge in [-0.1, -0.05) is 13.3 Å². The van der Waals surface area contributed by atoms with Crippen LogP contribution in [-0.4, -0.2) is 34.9 Å². The first-order valence-corrected chi connectivity index (χ1v) is 8.16. The average Bonchev–Trinajstić information content (AvgIpc) is 2.52. The number of hydrogen-bond donors (Lipinski definition) is 1. The minimum absolute atomic E-state index is 0.0661. The molecule has 0 atom stereocenters. The van der Waals surface area contributed by atoms with Gasteiger partial charge in [0.1, 0.15) is 5.75 Å². The highest BCUT2D eigenvalue weighted by molar-refractivity contribution is 6.04. The predicted molar refractivity (Wildman–Crippen MR) is 89.6 cm³/mol. The first-order chi connectivity index (χ1) is 11.3. The Bertz CT molecular complexity index is 665. The molecule has 1 N–H and O–H groups in total. The Morgan fingerprint density at radius 3 is 2.58 bits per heavy atom. The molecule has 6 nitrogen and oxygen atoms in total. The van der Waals surface area contributed by atoms with E-state index in [0.717, 1.165) is 12.8 Å². The van der Waals surface area contributed by atoms with Crippen molar-refractivity contribution in [1.82, 2.24) is 0 Å². The number of aliphatic carboxylic acids is 1. The standard InChI is InChI=1S/C18H23NO5/c1-4-5-10-19-13-11-12(14(20)7-9-16(21)22)6-8-15(13)24-18(2,3)17(19)23/h6,8,11H,4-5,7,9-10H2,1-3H3,(H,21,22). The van der Waals surface area contributed by atoms with Gasteiger partial charge in [-0.3, -0.25) is 14.4 Å². The van der Waals surface area contributed by atoms with Gasteiger partial charge in [0.05, 0.1) is 12.1 Å². The lowest BCUT2D eigenvalue weighted by molar-refractivity contribution is -0.137. The third-order valence-electron chi connectivity index (χ3n) is 4.00. The zero-order valence-electron chi connectivity index (χ0n) is 14.3. The number of carboxylic acid groups (broad SMARTS) is 1. The Kier molecular flexibility index (Phi) is 5.26. The van der Waals surface area contributed by atoms with Crippen molar-refractivity contribution >= 4 is 23.3 Å². The highest BCUT2D eigenvalue weighted by Crippen LogP contribution is 2.38. The highest BCUT2D eigenvalue weighted by Gasteiger charge is 2.40. The zero-order chi connectivity index (χ0) is 17.9. The highest BCUT2D eigenvalue weighted by atomic mass is 16.5. The lowest BCUT2D eigenvalue weighted by atomic mass is 10.00. The number of carboxylic acids is 1. The summed E-state index contributed by atoms with van der Waals surface area (Å²) >= 11 is 0. The number of carbonyl (C=O) groups excluding carboxylic acids is 2. The number of unbranched alkanes of at least 4 members (excludes halogenated alkanes) is 1. The summed E-state index contributed by atoms with van der Waals surface area (Å²) in [7, 11) is 0. The normalized spacial score (nSPS) is 15.6. The quantitative estimate of drug-likeness (QED) is 0.775. The summed E-state index contributed by atoms with van der Waals surface area (Å²) in [6.45, 7) is 6.05. The van der Waals surface area contributed by atoms with E-state index in [1.807, 2.05) is 6.92 Å². The van der Waals surface area contributed by atoms with Crippen molar-refractivity contribution in [2.75, 3.05) is 11.4 Å².